The van der Waals surface area contributed by atoms with Crippen molar-refractivity contribution in [2.24, 2.45) is 0 Å². The monoisotopic (exact) mass is 404 g/mol. The Labute approximate surface area is 173 Å². The van der Waals surface area contributed by atoms with Crippen LogP contribution >= 0.6 is 24.8 Å². The Balaban J connectivity index is 0.00000131. The van der Waals surface area contributed by atoms with E-state index in [1.54, 1.807) is 0 Å². The average molecular weight is 405 g/mol. The topological polar surface area (TPSA) is 34.0 Å². The van der Waals surface area contributed by atoms with Crippen molar-refractivity contribution in [1.29, 1.82) is 0 Å². The van der Waals surface area contributed by atoms with Gasteiger partial charge in [0.1, 0.15) is 5.69 Å². The Morgan fingerprint density at radius 3 is 2.11 bits per heavy atom. The molecule has 0 atom stereocenters. The van der Waals surface area contributed by atoms with Gasteiger partial charge in [-0.15, -0.1) is 29.9 Å². The van der Waals surface area contributed by atoms with Crippen molar-refractivity contribution < 1.29 is 0 Å². The molecule has 0 spiro atoms. The van der Waals surface area contributed by atoms with Crippen LogP contribution in [0.3, 0.4) is 0 Å². The van der Waals surface area contributed by atoms with E-state index >= 15 is 0 Å². The first kappa shape index (κ1) is 21.4. The number of rotatable bonds is 4. The van der Waals surface area contributed by atoms with Gasteiger partial charge < -0.3 is 0 Å². The van der Waals surface area contributed by atoms with E-state index < -0.39 is 0 Å². The number of hydrogen-bond acceptors (Lipinski definition) is 3. The van der Waals surface area contributed by atoms with Crippen LogP contribution in [-0.2, 0) is 6.54 Å². The standard InChI is InChI=1S/C21H24N4.2ClH/c1-17-21(19-10-6-3-7-11-19)22-23-25(17)20-12-14-24(15-13-20)16-18-8-4-2-5-9-18;;/h2-11,20H,12-16H2,1H3;2*1H. The normalized spacial score (nSPS) is 15.0. The van der Waals surface area contributed by atoms with Crippen LogP contribution in [-0.4, -0.2) is 33.0 Å². The third-order valence-corrected chi connectivity index (χ3v) is 5.13. The minimum Gasteiger partial charge on any atom is -0.299 e. The third kappa shape index (κ3) is 4.89. The number of likely N-dealkylation sites (tertiary alicyclic amines) is 1. The van der Waals surface area contributed by atoms with Crippen molar-refractivity contribution in [3.8, 4) is 11.3 Å². The number of piperidine rings is 1. The summed E-state index contributed by atoms with van der Waals surface area (Å²) < 4.78 is 2.14. The highest BCUT2D eigenvalue weighted by Crippen LogP contribution is 2.28. The lowest BCUT2D eigenvalue weighted by atomic mass is 10.0. The fraction of sp³-hybridized carbons (Fsp3) is 0.333. The summed E-state index contributed by atoms with van der Waals surface area (Å²) in [6.07, 6.45) is 2.26. The molecule has 4 nitrogen and oxygen atoms in total. The number of halogens is 2. The van der Waals surface area contributed by atoms with Gasteiger partial charge in [-0.25, -0.2) is 4.68 Å². The Bertz CT molecular complexity index is 813. The molecule has 4 rings (SSSR count). The van der Waals surface area contributed by atoms with Crippen LogP contribution in [0.25, 0.3) is 11.3 Å². The molecule has 1 saturated heterocycles. The summed E-state index contributed by atoms with van der Waals surface area (Å²) in [6.45, 7) is 5.40. The highest BCUT2D eigenvalue weighted by Gasteiger charge is 2.24. The molecular formula is C21H26Cl2N4. The summed E-state index contributed by atoms with van der Waals surface area (Å²) in [7, 11) is 0. The van der Waals surface area contributed by atoms with Crippen LogP contribution in [0.1, 0.15) is 30.1 Å². The van der Waals surface area contributed by atoms with Crippen LogP contribution < -0.4 is 0 Å². The molecule has 0 N–H and O–H groups in total. The Morgan fingerprint density at radius 1 is 0.889 bits per heavy atom. The largest absolute Gasteiger partial charge is 0.299 e. The molecule has 144 valence electrons. The van der Waals surface area contributed by atoms with E-state index in [1.807, 2.05) is 6.07 Å². The Kier molecular flexibility index (Phi) is 7.84. The van der Waals surface area contributed by atoms with Crippen LogP contribution in [0.15, 0.2) is 60.7 Å². The van der Waals surface area contributed by atoms with Crippen molar-refractivity contribution in [3.63, 3.8) is 0 Å². The number of aromatic nitrogens is 3. The van der Waals surface area contributed by atoms with Crippen LogP contribution in [0.2, 0.25) is 0 Å². The van der Waals surface area contributed by atoms with Crippen LogP contribution in [0.5, 0.6) is 0 Å². The zero-order valence-electron chi connectivity index (χ0n) is 15.5. The fourth-order valence-electron chi connectivity index (χ4n) is 3.71. The number of hydrogen-bond donors (Lipinski definition) is 0. The molecule has 0 unspecified atom stereocenters. The van der Waals surface area contributed by atoms with Gasteiger partial charge in [-0.2, -0.15) is 0 Å². The average Bonchev–Trinajstić information content (AvgIpc) is 3.05. The summed E-state index contributed by atoms with van der Waals surface area (Å²) in [4.78, 5) is 2.54. The lowest BCUT2D eigenvalue weighted by molar-refractivity contribution is 0.171. The molecule has 0 radical (unpaired) electrons. The quantitative estimate of drug-likeness (QED) is 0.617. The lowest BCUT2D eigenvalue weighted by Gasteiger charge is -2.32. The van der Waals surface area contributed by atoms with Crippen molar-refractivity contribution >= 4 is 24.8 Å². The van der Waals surface area contributed by atoms with E-state index in [-0.39, 0.29) is 24.8 Å². The summed E-state index contributed by atoms with van der Waals surface area (Å²) >= 11 is 0. The van der Waals surface area contributed by atoms with Crippen LogP contribution in [0.4, 0.5) is 0 Å². The zero-order valence-corrected chi connectivity index (χ0v) is 17.1. The summed E-state index contributed by atoms with van der Waals surface area (Å²) in [6, 6.07) is 21.5. The molecule has 3 aromatic rings. The molecule has 0 amide bonds. The molecule has 27 heavy (non-hydrogen) atoms. The zero-order chi connectivity index (χ0) is 17.1. The van der Waals surface area contributed by atoms with Crippen molar-refractivity contribution in [2.75, 3.05) is 13.1 Å². The van der Waals surface area contributed by atoms with Gasteiger partial charge in [0, 0.05) is 25.2 Å². The maximum atomic E-state index is 4.47. The fourth-order valence-corrected chi connectivity index (χ4v) is 3.71. The van der Waals surface area contributed by atoms with Gasteiger partial charge in [0.05, 0.1) is 11.7 Å². The lowest BCUT2D eigenvalue weighted by Crippen LogP contribution is -2.34. The molecule has 1 aliphatic rings. The predicted octanol–water partition coefficient (Wildman–Crippen LogP) is 4.93. The molecular weight excluding hydrogens is 379 g/mol. The second-order valence-electron chi connectivity index (χ2n) is 6.83. The maximum absolute atomic E-state index is 4.47. The maximum Gasteiger partial charge on any atom is 0.115 e. The van der Waals surface area contributed by atoms with Gasteiger partial charge >= 0.3 is 0 Å². The number of benzene rings is 2. The van der Waals surface area contributed by atoms with E-state index in [0.29, 0.717) is 6.04 Å². The number of nitrogens with zero attached hydrogens (tertiary/aromatic N) is 4. The Morgan fingerprint density at radius 2 is 1.48 bits per heavy atom. The second kappa shape index (κ2) is 9.88. The van der Waals surface area contributed by atoms with E-state index in [0.717, 1.165) is 43.7 Å². The highest BCUT2D eigenvalue weighted by atomic mass is 35.5. The summed E-state index contributed by atoms with van der Waals surface area (Å²) in [5, 5.41) is 8.92. The van der Waals surface area contributed by atoms with Gasteiger partial charge in [-0.05, 0) is 25.3 Å². The first-order valence-electron chi connectivity index (χ1n) is 9.05. The summed E-state index contributed by atoms with van der Waals surface area (Å²) in [5.74, 6) is 0. The minimum absolute atomic E-state index is 0. The van der Waals surface area contributed by atoms with Gasteiger partial charge in [0.25, 0.3) is 0 Å². The van der Waals surface area contributed by atoms with E-state index in [2.05, 4.69) is 81.4 Å². The van der Waals surface area contributed by atoms with Gasteiger partial charge in [0.15, 0.2) is 0 Å². The van der Waals surface area contributed by atoms with Gasteiger partial charge in [-0.1, -0.05) is 65.9 Å². The van der Waals surface area contributed by atoms with Crippen LogP contribution in [0, 0.1) is 6.92 Å². The Hall–Kier alpha value is -1.88. The third-order valence-electron chi connectivity index (χ3n) is 5.13. The molecule has 2 aromatic carbocycles. The molecule has 1 aromatic heterocycles. The smallest absolute Gasteiger partial charge is 0.115 e. The first-order valence-corrected chi connectivity index (χ1v) is 9.05. The molecule has 1 aliphatic heterocycles. The molecule has 2 heterocycles. The van der Waals surface area contributed by atoms with Crippen molar-refractivity contribution in [3.05, 3.63) is 71.9 Å². The van der Waals surface area contributed by atoms with E-state index in [9.17, 15) is 0 Å². The second-order valence-corrected chi connectivity index (χ2v) is 6.83. The molecule has 0 bridgehead atoms. The molecule has 6 heteroatoms. The minimum atomic E-state index is 0. The molecule has 1 fully saturated rings. The predicted molar refractivity (Wildman–Crippen MR) is 115 cm³/mol. The molecule has 0 saturated carbocycles. The summed E-state index contributed by atoms with van der Waals surface area (Å²) in [5.41, 5.74) is 4.72. The molecule has 0 aliphatic carbocycles. The van der Waals surface area contributed by atoms with E-state index in [4.69, 9.17) is 0 Å². The van der Waals surface area contributed by atoms with Crippen molar-refractivity contribution in [1.82, 2.24) is 19.9 Å². The highest BCUT2D eigenvalue weighted by molar-refractivity contribution is 5.85. The van der Waals surface area contributed by atoms with Gasteiger partial charge in [0.2, 0.25) is 0 Å². The van der Waals surface area contributed by atoms with E-state index in [1.165, 1.54) is 11.3 Å². The SMILES string of the molecule is Cc1c(-c2ccccc2)nnn1C1CCN(Cc2ccccc2)CC1.Cl.Cl. The van der Waals surface area contributed by atoms with Gasteiger partial charge in [-0.3, -0.25) is 4.90 Å². The first-order chi connectivity index (χ1) is 12.3. The van der Waals surface area contributed by atoms with Crippen molar-refractivity contribution in [2.45, 2.75) is 32.4 Å².